The largest absolute Gasteiger partial charge is 0.394 e. The molecule has 2 aliphatic heterocycles. The SMILES string of the molecule is CCCCCCCCCCCCCCCCCCCCCCCCCCCCC(O)C(COC1OC(CO)C(OC2OC(CO)C(O)C(O)C2O)C(O)C1O)NC(=O)CCCCCCCCCCCCCCCCCCCC. The van der Waals surface area contributed by atoms with Crippen LogP contribution >= 0.6 is 0 Å². The molecule has 14 nitrogen and oxygen atoms in total. The maximum Gasteiger partial charge on any atom is 0.220 e. The van der Waals surface area contributed by atoms with Crippen molar-refractivity contribution in [2.24, 2.45) is 0 Å². The second kappa shape index (κ2) is 50.5. The number of aliphatic hydroxyl groups is 8. The molecule has 0 bridgehead atoms. The summed E-state index contributed by atoms with van der Waals surface area (Å²) in [6, 6.07) is -0.823. The normalized spacial score (nSPS) is 24.4. The fourth-order valence-electron chi connectivity index (χ4n) is 11.5. The minimum Gasteiger partial charge on any atom is -0.394 e. The Labute approximate surface area is 476 Å². The number of rotatable bonds is 55. The quantitative estimate of drug-likeness (QED) is 0.0259. The minimum absolute atomic E-state index is 0.199. The molecule has 14 heteroatoms. The Bertz CT molecular complexity index is 1310. The van der Waals surface area contributed by atoms with Gasteiger partial charge in [0.05, 0.1) is 32.0 Å². The number of hydrogen-bond acceptors (Lipinski definition) is 13. The summed E-state index contributed by atoms with van der Waals surface area (Å²) < 4.78 is 22.9. The van der Waals surface area contributed by atoms with Crippen LogP contribution in [0.5, 0.6) is 0 Å². The van der Waals surface area contributed by atoms with Crippen LogP contribution in [0.4, 0.5) is 0 Å². The molecule has 0 aromatic carbocycles. The Kier molecular flexibility index (Phi) is 47.3. The number of amides is 1. The molecule has 2 rings (SSSR count). The molecule has 12 atom stereocenters. The van der Waals surface area contributed by atoms with Gasteiger partial charge in [-0.1, -0.05) is 290 Å². The summed E-state index contributed by atoms with van der Waals surface area (Å²) in [5.41, 5.74) is 0. The van der Waals surface area contributed by atoms with Gasteiger partial charge in [-0.25, -0.2) is 0 Å². The number of unbranched alkanes of at least 4 members (excludes halogenated alkanes) is 42. The zero-order chi connectivity index (χ0) is 56.7. The Balaban J connectivity index is 1.68. The average molecular weight is 1120 g/mol. The van der Waals surface area contributed by atoms with Gasteiger partial charge >= 0.3 is 0 Å². The van der Waals surface area contributed by atoms with E-state index in [0.717, 1.165) is 51.4 Å². The van der Waals surface area contributed by atoms with Crippen LogP contribution in [-0.4, -0.2) is 140 Å². The molecule has 0 radical (unpaired) electrons. The van der Waals surface area contributed by atoms with Gasteiger partial charge < -0.3 is 65.1 Å². The molecule has 0 aliphatic carbocycles. The van der Waals surface area contributed by atoms with Crippen LogP contribution in [0.25, 0.3) is 0 Å². The zero-order valence-electron chi connectivity index (χ0n) is 50.2. The highest BCUT2D eigenvalue weighted by Crippen LogP contribution is 2.30. The van der Waals surface area contributed by atoms with Crippen molar-refractivity contribution in [3.05, 3.63) is 0 Å². The van der Waals surface area contributed by atoms with Gasteiger partial charge in [0.1, 0.15) is 48.8 Å². The van der Waals surface area contributed by atoms with Gasteiger partial charge in [-0.15, -0.1) is 0 Å². The fraction of sp³-hybridized carbons (Fsp3) is 0.984. The molecular formula is C64H125NO13. The van der Waals surface area contributed by atoms with Gasteiger partial charge in [0, 0.05) is 6.42 Å². The Morgan fingerprint density at radius 1 is 0.410 bits per heavy atom. The molecule has 2 heterocycles. The van der Waals surface area contributed by atoms with Crippen LogP contribution in [-0.2, 0) is 23.7 Å². The summed E-state index contributed by atoms with van der Waals surface area (Å²) in [4.78, 5) is 13.3. The lowest BCUT2D eigenvalue weighted by Gasteiger charge is -2.46. The van der Waals surface area contributed by atoms with Crippen LogP contribution in [0.15, 0.2) is 0 Å². The highest BCUT2D eigenvalue weighted by Gasteiger charge is 2.51. The highest BCUT2D eigenvalue weighted by molar-refractivity contribution is 5.76. The molecule has 2 aliphatic rings. The van der Waals surface area contributed by atoms with E-state index in [2.05, 4.69) is 19.2 Å². The highest BCUT2D eigenvalue weighted by atomic mass is 16.7. The van der Waals surface area contributed by atoms with Crippen molar-refractivity contribution in [2.45, 2.75) is 383 Å². The van der Waals surface area contributed by atoms with Gasteiger partial charge in [0.25, 0.3) is 0 Å². The van der Waals surface area contributed by atoms with Gasteiger partial charge in [0.15, 0.2) is 12.6 Å². The lowest BCUT2D eigenvalue weighted by Crippen LogP contribution is -2.65. The molecule has 464 valence electrons. The van der Waals surface area contributed by atoms with Crippen molar-refractivity contribution < 1.29 is 64.6 Å². The molecule has 0 spiro atoms. The summed E-state index contributed by atoms with van der Waals surface area (Å²) in [6.07, 6.45) is 41.1. The third-order valence-corrected chi connectivity index (χ3v) is 16.8. The Morgan fingerprint density at radius 3 is 1.09 bits per heavy atom. The number of carbonyl (C=O) groups excluding carboxylic acids is 1. The Morgan fingerprint density at radius 2 is 0.731 bits per heavy atom. The first kappa shape index (κ1) is 73.1. The van der Waals surface area contributed by atoms with Crippen molar-refractivity contribution >= 4 is 5.91 Å². The van der Waals surface area contributed by atoms with E-state index >= 15 is 0 Å². The first-order chi connectivity index (χ1) is 38.1. The van der Waals surface area contributed by atoms with E-state index in [1.54, 1.807) is 0 Å². The van der Waals surface area contributed by atoms with Crippen LogP contribution < -0.4 is 5.32 Å². The maximum atomic E-state index is 13.3. The second-order valence-electron chi connectivity index (χ2n) is 24.0. The minimum atomic E-state index is -1.78. The van der Waals surface area contributed by atoms with Crippen LogP contribution in [0.3, 0.4) is 0 Å². The van der Waals surface area contributed by atoms with Crippen LogP contribution in [0.2, 0.25) is 0 Å². The molecular weight excluding hydrogens is 991 g/mol. The number of aliphatic hydroxyl groups excluding tert-OH is 8. The fourth-order valence-corrected chi connectivity index (χ4v) is 11.5. The topological polar surface area (TPSA) is 228 Å². The summed E-state index contributed by atoms with van der Waals surface area (Å²) >= 11 is 0. The van der Waals surface area contributed by atoms with Crippen LogP contribution in [0, 0.1) is 0 Å². The first-order valence-corrected chi connectivity index (χ1v) is 33.3. The predicted octanol–water partition coefficient (Wildman–Crippen LogP) is 12.5. The zero-order valence-corrected chi connectivity index (χ0v) is 50.2. The van der Waals surface area contributed by atoms with Crippen LogP contribution in [0.1, 0.15) is 309 Å². The number of hydrogen-bond donors (Lipinski definition) is 9. The third-order valence-electron chi connectivity index (χ3n) is 16.8. The van der Waals surface area contributed by atoms with Gasteiger partial charge in [0.2, 0.25) is 5.91 Å². The van der Waals surface area contributed by atoms with E-state index in [1.807, 2.05) is 0 Å². The molecule has 12 unspecified atom stereocenters. The monoisotopic (exact) mass is 1120 g/mol. The smallest absolute Gasteiger partial charge is 0.220 e. The molecule has 0 aromatic rings. The van der Waals surface area contributed by atoms with E-state index in [9.17, 15) is 45.6 Å². The van der Waals surface area contributed by atoms with E-state index in [0.29, 0.717) is 12.8 Å². The Hall–Kier alpha value is -1.01. The van der Waals surface area contributed by atoms with Crippen molar-refractivity contribution in [1.82, 2.24) is 5.32 Å². The second-order valence-corrected chi connectivity index (χ2v) is 24.0. The summed E-state index contributed by atoms with van der Waals surface area (Å²) in [5, 5.41) is 87.5. The lowest BCUT2D eigenvalue weighted by molar-refractivity contribution is -0.359. The summed E-state index contributed by atoms with van der Waals surface area (Å²) in [6.45, 7) is 2.92. The first-order valence-electron chi connectivity index (χ1n) is 33.3. The molecule has 9 N–H and O–H groups in total. The molecule has 2 fully saturated rings. The lowest BCUT2D eigenvalue weighted by atomic mass is 9.97. The van der Waals surface area contributed by atoms with E-state index in [4.69, 9.17) is 18.9 Å². The van der Waals surface area contributed by atoms with Crippen molar-refractivity contribution in [1.29, 1.82) is 0 Å². The van der Waals surface area contributed by atoms with Gasteiger partial charge in [-0.2, -0.15) is 0 Å². The summed E-state index contributed by atoms with van der Waals surface area (Å²) in [5.74, 6) is -0.199. The molecule has 0 saturated carbocycles. The third kappa shape index (κ3) is 35.2. The predicted molar refractivity (Wildman–Crippen MR) is 314 cm³/mol. The van der Waals surface area contributed by atoms with Crippen molar-refractivity contribution in [2.75, 3.05) is 19.8 Å². The molecule has 78 heavy (non-hydrogen) atoms. The van der Waals surface area contributed by atoms with E-state index in [-0.39, 0.29) is 12.5 Å². The average Bonchev–Trinajstić information content (AvgIpc) is 3.44. The van der Waals surface area contributed by atoms with E-state index in [1.165, 1.54) is 231 Å². The van der Waals surface area contributed by atoms with Gasteiger partial charge in [-0.05, 0) is 12.8 Å². The standard InChI is InChI=1S/C64H125NO13/c1-3-5-7-9-11-13-15-17-19-21-23-24-25-26-27-28-29-30-31-33-35-37-39-41-43-45-47-53(68)52(65-56(69)48-46-44-42-40-38-36-34-32-22-20-18-16-14-12-10-8-6-4-2)51-75-63-61(74)59(72)62(55(50-67)77-63)78-64-60(73)58(71)57(70)54(49-66)76-64/h52-55,57-64,66-68,70-74H,3-51H2,1-2H3,(H,65,69). The number of ether oxygens (including phenoxy) is 4. The number of nitrogens with one attached hydrogen (secondary N) is 1. The molecule has 0 aromatic heterocycles. The molecule has 2 saturated heterocycles. The maximum absolute atomic E-state index is 13.3. The summed E-state index contributed by atoms with van der Waals surface area (Å²) in [7, 11) is 0. The van der Waals surface area contributed by atoms with E-state index < -0.39 is 86.8 Å². The number of carbonyl (C=O) groups is 1. The van der Waals surface area contributed by atoms with Crippen molar-refractivity contribution in [3.63, 3.8) is 0 Å². The van der Waals surface area contributed by atoms with Gasteiger partial charge in [-0.3, -0.25) is 4.79 Å². The molecule has 1 amide bonds. The van der Waals surface area contributed by atoms with Crippen molar-refractivity contribution in [3.8, 4) is 0 Å².